The van der Waals surface area contributed by atoms with Gasteiger partial charge in [-0.25, -0.2) is 26.3 Å². The Bertz CT molecular complexity index is 410. The highest BCUT2D eigenvalue weighted by Gasteiger charge is 2.48. The van der Waals surface area contributed by atoms with Gasteiger partial charge in [-0.3, -0.25) is 0 Å². The average molecular weight is 370 g/mol. The van der Waals surface area contributed by atoms with Gasteiger partial charge in [-0.05, 0) is 81.5 Å². The minimum Gasteiger partial charge on any atom is -0.247 e. The molecule has 3 rings (SSSR count). The molecule has 0 aromatic heterocycles. The van der Waals surface area contributed by atoms with E-state index in [1.54, 1.807) is 0 Å². The molecule has 25 heavy (non-hydrogen) atoms. The van der Waals surface area contributed by atoms with Gasteiger partial charge < -0.3 is 0 Å². The second-order valence-electron chi connectivity index (χ2n) is 8.44. The zero-order valence-corrected chi connectivity index (χ0v) is 14.4. The Morgan fingerprint density at radius 3 is 1.60 bits per heavy atom. The highest BCUT2D eigenvalue weighted by Crippen LogP contribution is 2.48. The van der Waals surface area contributed by atoms with E-state index in [0.29, 0.717) is 31.6 Å². The third-order valence-electron chi connectivity index (χ3n) is 7.02. The van der Waals surface area contributed by atoms with E-state index in [4.69, 9.17) is 0 Å². The van der Waals surface area contributed by atoms with Crippen LogP contribution in [0.25, 0.3) is 0 Å². The van der Waals surface area contributed by atoms with Gasteiger partial charge in [-0.2, -0.15) is 0 Å². The fourth-order valence-electron chi connectivity index (χ4n) is 5.56. The molecule has 0 bridgehead atoms. The molecular formula is C19H28F6. The second-order valence-corrected chi connectivity index (χ2v) is 8.44. The van der Waals surface area contributed by atoms with Crippen molar-refractivity contribution in [3.63, 3.8) is 0 Å². The predicted molar refractivity (Wildman–Crippen MR) is 84.6 cm³/mol. The Kier molecular flexibility index (Phi) is 6.25. The van der Waals surface area contributed by atoms with E-state index in [1.165, 1.54) is 0 Å². The van der Waals surface area contributed by atoms with Crippen molar-refractivity contribution >= 4 is 0 Å². The molecule has 0 N–H and O–H groups in total. The second kappa shape index (κ2) is 8.08. The zero-order valence-electron chi connectivity index (χ0n) is 14.4. The van der Waals surface area contributed by atoms with Crippen LogP contribution in [0.2, 0.25) is 0 Å². The van der Waals surface area contributed by atoms with Crippen LogP contribution in [-0.4, -0.2) is 31.1 Å². The number of halogens is 6. The third-order valence-corrected chi connectivity index (χ3v) is 7.02. The maximum Gasteiger partial charge on any atom is 0.247 e. The molecule has 0 nitrogen and oxygen atoms in total. The molecule has 0 aromatic rings. The zero-order chi connectivity index (χ0) is 18.1. The van der Waals surface area contributed by atoms with Crippen molar-refractivity contribution in [3.8, 4) is 0 Å². The quantitative estimate of drug-likeness (QED) is 0.516. The Balaban J connectivity index is 1.55. The summed E-state index contributed by atoms with van der Waals surface area (Å²) in [5.41, 5.74) is 0. The third kappa shape index (κ3) is 4.29. The molecule has 6 heteroatoms. The molecule has 3 aliphatic carbocycles. The summed E-state index contributed by atoms with van der Waals surface area (Å²) in [6, 6.07) is 0. The van der Waals surface area contributed by atoms with Crippen molar-refractivity contribution in [2.45, 2.75) is 88.9 Å². The van der Waals surface area contributed by atoms with Gasteiger partial charge in [0.15, 0.2) is 0 Å². The molecule has 3 fully saturated rings. The van der Waals surface area contributed by atoms with Crippen molar-refractivity contribution in [1.29, 1.82) is 0 Å². The first-order valence-electron chi connectivity index (χ1n) is 9.71. The highest BCUT2D eigenvalue weighted by molar-refractivity contribution is 4.95. The van der Waals surface area contributed by atoms with Gasteiger partial charge in [0.05, 0.1) is 5.92 Å². The Labute approximate surface area is 145 Å². The number of hydrogen-bond donors (Lipinski definition) is 0. The van der Waals surface area contributed by atoms with Gasteiger partial charge in [-0.15, -0.1) is 0 Å². The monoisotopic (exact) mass is 370 g/mol. The molecule has 0 amide bonds. The van der Waals surface area contributed by atoms with Crippen LogP contribution in [0, 0.1) is 29.6 Å². The van der Waals surface area contributed by atoms with E-state index in [1.807, 2.05) is 0 Å². The molecule has 0 aliphatic heterocycles. The minimum absolute atomic E-state index is 0.155. The molecular weight excluding hydrogens is 342 g/mol. The fraction of sp³-hybridized carbons (Fsp3) is 1.00. The standard InChI is InChI=1S/C19H28F6/c20-13-4-1-10(2-5-13)11-3-6-14(15(21)7-11)12-8-16(22)18(19(24)25)17(23)9-12/h10-19H,1-9H2. The van der Waals surface area contributed by atoms with Gasteiger partial charge in [0.1, 0.15) is 24.7 Å². The van der Waals surface area contributed by atoms with Crippen molar-refractivity contribution < 1.29 is 26.3 Å². The number of alkyl halides is 6. The van der Waals surface area contributed by atoms with Crippen molar-refractivity contribution in [3.05, 3.63) is 0 Å². The van der Waals surface area contributed by atoms with Crippen molar-refractivity contribution in [2.24, 2.45) is 29.6 Å². The van der Waals surface area contributed by atoms with Crippen molar-refractivity contribution in [1.82, 2.24) is 0 Å². The molecule has 0 spiro atoms. The minimum atomic E-state index is -3.01. The molecule has 0 radical (unpaired) electrons. The maximum atomic E-state index is 14.8. The van der Waals surface area contributed by atoms with Crippen LogP contribution in [0.15, 0.2) is 0 Å². The van der Waals surface area contributed by atoms with Gasteiger partial charge in [0.25, 0.3) is 0 Å². The summed E-state index contributed by atoms with van der Waals surface area (Å²) in [6.07, 6.45) is -4.55. The molecule has 146 valence electrons. The van der Waals surface area contributed by atoms with Gasteiger partial charge >= 0.3 is 0 Å². The van der Waals surface area contributed by atoms with Crippen LogP contribution in [-0.2, 0) is 0 Å². The van der Waals surface area contributed by atoms with Gasteiger partial charge in [0, 0.05) is 0 Å². The molecule has 3 aliphatic rings. The van der Waals surface area contributed by atoms with Crippen LogP contribution in [0.4, 0.5) is 26.3 Å². The van der Waals surface area contributed by atoms with Crippen molar-refractivity contribution in [2.75, 3.05) is 0 Å². The summed E-state index contributed by atoms with van der Waals surface area (Å²) in [6.45, 7) is 0. The fourth-order valence-corrected chi connectivity index (χ4v) is 5.56. The van der Waals surface area contributed by atoms with Crippen LogP contribution in [0.1, 0.15) is 57.8 Å². The SMILES string of the molecule is FC1CCC(C2CCC(C3CC(F)C(C(F)F)C(F)C3)C(F)C2)CC1. The first kappa shape index (κ1) is 19.3. The molecule has 0 heterocycles. The number of rotatable bonds is 3. The van der Waals surface area contributed by atoms with E-state index in [0.717, 1.165) is 19.3 Å². The lowest BCUT2D eigenvalue weighted by Gasteiger charge is -2.44. The summed E-state index contributed by atoms with van der Waals surface area (Å²) in [5.74, 6) is -2.20. The predicted octanol–water partition coefficient (Wildman–Crippen LogP) is 6.24. The van der Waals surface area contributed by atoms with E-state index in [2.05, 4.69) is 0 Å². The van der Waals surface area contributed by atoms with Crippen LogP contribution < -0.4 is 0 Å². The Hall–Kier alpha value is -0.420. The molecule has 5 unspecified atom stereocenters. The molecule has 5 atom stereocenters. The largest absolute Gasteiger partial charge is 0.247 e. The highest BCUT2D eigenvalue weighted by atomic mass is 19.3. The maximum absolute atomic E-state index is 14.8. The summed E-state index contributed by atoms with van der Waals surface area (Å²) in [4.78, 5) is 0. The molecule has 3 saturated carbocycles. The normalized spacial score (nSPS) is 49.3. The summed E-state index contributed by atoms with van der Waals surface area (Å²) >= 11 is 0. The van der Waals surface area contributed by atoms with Crippen LogP contribution >= 0.6 is 0 Å². The average Bonchev–Trinajstić information content (AvgIpc) is 2.54. The van der Waals surface area contributed by atoms with E-state index in [9.17, 15) is 26.3 Å². The summed E-state index contributed by atoms with van der Waals surface area (Å²) in [7, 11) is 0. The lowest BCUT2D eigenvalue weighted by Crippen LogP contribution is -2.44. The Morgan fingerprint density at radius 2 is 1.08 bits per heavy atom. The van der Waals surface area contributed by atoms with E-state index < -0.39 is 48.9 Å². The molecule has 0 aromatic carbocycles. The number of hydrogen-bond acceptors (Lipinski definition) is 0. The first-order valence-corrected chi connectivity index (χ1v) is 9.71. The first-order chi connectivity index (χ1) is 11.9. The lowest BCUT2D eigenvalue weighted by atomic mass is 9.64. The Morgan fingerprint density at radius 1 is 0.560 bits per heavy atom. The summed E-state index contributed by atoms with van der Waals surface area (Å²) < 4.78 is 81.6. The summed E-state index contributed by atoms with van der Waals surface area (Å²) in [5, 5.41) is 0. The van der Waals surface area contributed by atoms with Crippen LogP contribution in [0.5, 0.6) is 0 Å². The van der Waals surface area contributed by atoms with Crippen LogP contribution in [0.3, 0.4) is 0 Å². The van der Waals surface area contributed by atoms with Gasteiger partial charge in [0.2, 0.25) is 6.43 Å². The molecule has 0 saturated heterocycles. The van der Waals surface area contributed by atoms with E-state index in [-0.39, 0.29) is 18.8 Å². The van der Waals surface area contributed by atoms with Gasteiger partial charge in [-0.1, -0.05) is 0 Å². The topological polar surface area (TPSA) is 0 Å². The smallest absolute Gasteiger partial charge is 0.247 e. The van der Waals surface area contributed by atoms with E-state index >= 15 is 0 Å². The lowest BCUT2D eigenvalue weighted by molar-refractivity contribution is -0.0730.